The molecule has 114 valence electrons. The van der Waals surface area contributed by atoms with Gasteiger partial charge in [0, 0.05) is 18.4 Å². The molecule has 4 nitrogen and oxygen atoms in total. The molecule has 5 heteroatoms. The maximum absolute atomic E-state index is 12.8. The van der Waals surface area contributed by atoms with E-state index < -0.39 is 5.92 Å². The highest BCUT2D eigenvalue weighted by Crippen LogP contribution is 2.36. The minimum Gasteiger partial charge on any atom is -0.298 e. The summed E-state index contributed by atoms with van der Waals surface area (Å²) in [6.07, 6.45) is 0.542. The van der Waals surface area contributed by atoms with E-state index in [-0.39, 0.29) is 35.6 Å². The third-order valence-corrected chi connectivity index (χ3v) is 5.03. The van der Waals surface area contributed by atoms with Crippen LogP contribution in [0.1, 0.15) is 42.6 Å². The van der Waals surface area contributed by atoms with Crippen molar-refractivity contribution in [1.29, 1.82) is 0 Å². The van der Waals surface area contributed by atoms with Crippen LogP contribution in [0.15, 0.2) is 17.6 Å². The SMILES string of the molecule is Cc1c(C(=O)C2C(=O)CC(C)(C)CC2=O)ccc2scnc12. The van der Waals surface area contributed by atoms with Crippen molar-refractivity contribution in [2.75, 3.05) is 0 Å². The summed E-state index contributed by atoms with van der Waals surface area (Å²) in [5, 5.41) is 0. The molecule has 1 heterocycles. The molecule has 2 aromatic rings. The van der Waals surface area contributed by atoms with Crippen LogP contribution in [-0.4, -0.2) is 22.3 Å². The van der Waals surface area contributed by atoms with Gasteiger partial charge in [-0.05, 0) is 30.0 Å². The van der Waals surface area contributed by atoms with Crippen LogP contribution in [0.25, 0.3) is 10.2 Å². The van der Waals surface area contributed by atoms with Crippen molar-refractivity contribution in [1.82, 2.24) is 4.98 Å². The van der Waals surface area contributed by atoms with E-state index in [1.807, 2.05) is 26.8 Å². The molecule has 22 heavy (non-hydrogen) atoms. The predicted octanol–water partition coefficient (Wildman–Crippen LogP) is 3.36. The summed E-state index contributed by atoms with van der Waals surface area (Å²) in [5.74, 6) is -2.03. The number of thiazole rings is 1. The fourth-order valence-corrected chi connectivity index (χ4v) is 3.91. The zero-order valence-electron chi connectivity index (χ0n) is 12.8. The van der Waals surface area contributed by atoms with Gasteiger partial charge in [-0.2, -0.15) is 0 Å². The van der Waals surface area contributed by atoms with E-state index in [2.05, 4.69) is 4.98 Å². The largest absolute Gasteiger partial charge is 0.298 e. The van der Waals surface area contributed by atoms with Gasteiger partial charge in [0.25, 0.3) is 0 Å². The number of fused-ring (bicyclic) bond motifs is 1. The minimum absolute atomic E-state index is 0.260. The van der Waals surface area contributed by atoms with Crippen LogP contribution in [-0.2, 0) is 9.59 Å². The van der Waals surface area contributed by atoms with Crippen molar-refractivity contribution in [3.05, 3.63) is 28.8 Å². The fraction of sp³-hybridized carbons (Fsp3) is 0.412. The summed E-state index contributed by atoms with van der Waals surface area (Å²) in [7, 11) is 0. The molecule has 0 amide bonds. The first-order valence-electron chi connectivity index (χ1n) is 7.22. The molecule has 1 aromatic carbocycles. The number of nitrogens with zero attached hydrogens (tertiary/aromatic N) is 1. The lowest BCUT2D eigenvalue weighted by atomic mass is 9.69. The Morgan fingerprint density at radius 2 is 1.86 bits per heavy atom. The fourth-order valence-electron chi connectivity index (χ4n) is 3.17. The second-order valence-electron chi connectivity index (χ2n) is 6.68. The van der Waals surface area contributed by atoms with Gasteiger partial charge in [0.2, 0.25) is 0 Å². The second kappa shape index (κ2) is 5.09. The Labute approximate surface area is 132 Å². The van der Waals surface area contributed by atoms with Gasteiger partial charge in [-0.15, -0.1) is 11.3 Å². The molecular weight excluding hydrogens is 298 g/mol. The molecule has 0 spiro atoms. The van der Waals surface area contributed by atoms with Gasteiger partial charge in [-0.1, -0.05) is 13.8 Å². The predicted molar refractivity (Wildman–Crippen MR) is 85.2 cm³/mol. The summed E-state index contributed by atoms with van der Waals surface area (Å²) in [6.45, 7) is 5.59. The van der Waals surface area contributed by atoms with Gasteiger partial charge >= 0.3 is 0 Å². The van der Waals surface area contributed by atoms with E-state index in [0.717, 1.165) is 15.8 Å². The quantitative estimate of drug-likeness (QED) is 0.629. The van der Waals surface area contributed by atoms with E-state index in [9.17, 15) is 14.4 Å². The molecule has 0 bridgehead atoms. The Morgan fingerprint density at radius 3 is 2.50 bits per heavy atom. The van der Waals surface area contributed by atoms with Crippen molar-refractivity contribution < 1.29 is 14.4 Å². The minimum atomic E-state index is -1.14. The van der Waals surface area contributed by atoms with E-state index in [0.29, 0.717) is 5.56 Å². The number of benzene rings is 1. The first-order valence-corrected chi connectivity index (χ1v) is 8.10. The number of hydrogen-bond acceptors (Lipinski definition) is 5. The smallest absolute Gasteiger partial charge is 0.181 e. The molecule has 1 fully saturated rings. The van der Waals surface area contributed by atoms with Gasteiger partial charge in [0.05, 0.1) is 15.7 Å². The number of hydrogen-bond donors (Lipinski definition) is 0. The Balaban J connectivity index is 2.00. The van der Waals surface area contributed by atoms with Crippen LogP contribution in [0.5, 0.6) is 0 Å². The molecular formula is C17H17NO3S. The molecule has 0 radical (unpaired) electrons. The lowest BCUT2D eigenvalue weighted by molar-refractivity contribution is -0.137. The van der Waals surface area contributed by atoms with Gasteiger partial charge < -0.3 is 0 Å². The van der Waals surface area contributed by atoms with E-state index in [1.54, 1.807) is 11.6 Å². The van der Waals surface area contributed by atoms with E-state index in [1.165, 1.54) is 11.3 Å². The molecule has 0 N–H and O–H groups in total. The lowest BCUT2D eigenvalue weighted by Gasteiger charge is -2.31. The lowest BCUT2D eigenvalue weighted by Crippen LogP contribution is -2.42. The van der Waals surface area contributed by atoms with Gasteiger partial charge in [-0.3, -0.25) is 14.4 Å². The van der Waals surface area contributed by atoms with Crippen molar-refractivity contribution >= 4 is 38.9 Å². The number of carbonyl (C=O) groups excluding carboxylic acids is 3. The average molecular weight is 315 g/mol. The van der Waals surface area contributed by atoms with Crippen LogP contribution in [0.3, 0.4) is 0 Å². The number of aryl methyl sites for hydroxylation is 1. The zero-order valence-corrected chi connectivity index (χ0v) is 13.6. The summed E-state index contributed by atoms with van der Waals surface area (Å²) in [4.78, 5) is 41.6. The molecule has 0 unspecified atom stereocenters. The number of Topliss-reactive ketones (excluding diaryl/α,β-unsaturated/α-hetero) is 3. The highest BCUT2D eigenvalue weighted by molar-refractivity contribution is 7.16. The van der Waals surface area contributed by atoms with Crippen molar-refractivity contribution in [2.45, 2.75) is 33.6 Å². The summed E-state index contributed by atoms with van der Waals surface area (Å²) >= 11 is 1.50. The van der Waals surface area contributed by atoms with Gasteiger partial charge in [0.1, 0.15) is 5.92 Å². The third-order valence-electron chi connectivity index (χ3n) is 4.23. The topological polar surface area (TPSA) is 64.1 Å². The van der Waals surface area contributed by atoms with Gasteiger partial charge in [-0.25, -0.2) is 4.98 Å². The van der Waals surface area contributed by atoms with Crippen LogP contribution in [0.4, 0.5) is 0 Å². The van der Waals surface area contributed by atoms with Crippen LogP contribution in [0.2, 0.25) is 0 Å². The molecule has 1 aliphatic rings. The molecule has 1 saturated carbocycles. The normalized spacial score (nSPS) is 18.9. The molecule has 0 saturated heterocycles. The average Bonchev–Trinajstić information content (AvgIpc) is 2.85. The van der Waals surface area contributed by atoms with Crippen LogP contribution < -0.4 is 0 Å². The number of carbonyl (C=O) groups is 3. The Bertz CT molecular complexity index is 783. The zero-order chi connectivity index (χ0) is 16.1. The second-order valence-corrected chi connectivity index (χ2v) is 7.57. The maximum atomic E-state index is 12.8. The van der Waals surface area contributed by atoms with Crippen LogP contribution in [0, 0.1) is 18.3 Å². The van der Waals surface area contributed by atoms with Crippen molar-refractivity contribution in [3.8, 4) is 0 Å². The number of aromatic nitrogens is 1. The molecule has 1 aromatic heterocycles. The first-order chi connectivity index (χ1) is 10.3. The Hall–Kier alpha value is -1.88. The summed E-state index contributed by atoms with van der Waals surface area (Å²) < 4.78 is 0.997. The monoisotopic (exact) mass is 315 g/mol. The molecule has 0 aliphatic heterocycles. The highest BCUT2D eigenvalue weighted by Gasteiger charge is 2.43. The Morgan fingerprint density at radius 1 is 1.23 bits per heavy atom. The highest BCUT2D eigenvalue weighted by atomic mass is 32.1. The van der Waals surface area contributed by atoms with Crippen LogP contribution >= 0.6 is 11.3 Å². The first kappa shape index (κ1) is 15.0. The number of rotatable bonds is 2. The molecule has 0 atom stereocenters. The van der Waals surface area contributed by atoms with E-state index in [4.69, 9.17) is 0 Å². The maximum Gasteiger partial charge on any atom is 0.181 e. The van der Waals surface area contributed by atoms with Crippen molar-refractivity contribution in [2.24, 2.45) is 11.3 Å². The van der Waals surface area contributed by atoms with E-state index >= 15 is 0 Å². The standard InChI is InChI=1S/C17H17NO3S/c1-9-10(4-5-13-15(9)18-8-22-13)16(21)14-11(19)6-17(2,3)7-12(14)20/h4-5,8,14H,6-7H2,1-3H3. The Kier molecular flexibility index (Phi) is 3.48. The number of ketones is 3. The van der Waals surface area contributed by atoms with Crippen molar-refractivity contribution in [3.63, 3.8) is 0 Å². The third kappa shape index (κ3) is 2.39. The molecule has 1 aliphatic carbocycles. The molecule has 3 rings (SSSR count). The summed E-state index contributed by atoms with van der Waals surface area (Å²) in [5.41, 5.74) is 3.33. The van der Waals surface area contributed by atoms with Gasteiger partial charge in [0.15, 0.2) is 17.3 Å². The summed E-state index contributed by atoms with van der Waals surface area (Å²) in [6, 6.07) is 3.54.